The lowest BCUT2D eigenvalue weighted by molar-refractivity contribution is 0.170. The highest BCUT2D eigenvalue weighted by Crippen LogP contribution is 2.15. The van der Waals surface area contributed by atoms with Crippen molar-refractivity contribution < 1.29 is 9.84 Å². The largest absolute Gasteiger partial charge is 0.467 e. The van der Waals surface area contributed by atoms with Crippen LogP contribution in [0, 0.1) is 5.41 Å². The summed E-state index contributed by atoms with van der Waals surface area (Å²) in [7, 11) is 3.21. The van der Waals surface area contributed by atoms with E-state index in [9.17, 15) is 0 Å². The van der Waals surface area contributed by atoms with Crippen LogP contribution in [0.1, 0.15) is 13.8 Å². The van der Waals surface area contributed by atoms with Crippen LogP contribution in [0.2, 0.25) is 0 Å². The van der Waals surface area contributed by atoms with Gasteiger partial charge in [0.2, 0.25) is 11.9 Å². The van der Waals surface area contributed by atoms with Crippen molar-refractivity contribution in [3.8, 4) is 6.01 Å². The minimum atomic E-state index is -0.236. The van der Waals surface area contributed by atoms with Gasteiger partial charge < -0.3 is 20.5 Å². The fourth-order valence-corrected chi connectivity index (χ4v) is 1.01. The molecule has 1 aromatic heterocycles. The third-order valence-electron chi connectivity index (χ3n) is 2.17. The minimum absolute atomic E-state index is 0.0844. The van der Waals surface area contributed by atoms with E-state index in [0.29, 0.717) is 18.4 Å². The highest BCUT2D eigenvalue weighted by molar-refractivity contribution is 5.35. The van der Waals surface area contributed by atoms with Crippen molar-refractivity contribution in [1.82, 2.24) is 15.0 Å². The van der Waals surface area contributed by atoms with Gasteiger partial charge >= 0.3 is 6.01 Å². The molecule has 0 bridgehead atoms. The number of rotatable bonds is 6. The van der Waals surface area contributed by atoms with Crippen LogP contribution >= 0.6 is 0 Å². The summed E-state index contributed by atoms with van der Waals surface area (Å²) < 4.78 is 4.96. The molecule has 1 rings (SSSR count). The Labute approximate surface area is 101 Å². The number of aromatic nitrogens is 3. The second kappa shape index (κ2) is 5.62. The van der Waals surface area contributed by atoms with E-state index < -0.39 is 0 Å². The van der Waals surface area contributed by atoms with Crippen LogP contribution in [0.3, 0.4) is 0 Å². The summed E-state index contributed by atoms with van der Waals surface area (Å²) in [6.45, 7) is 4.52. The number of aliphatic hydroxyl groups excluding tert-OH is 1. The van der Waals surface area contributed by atoms with Gasteiger partial charge in [-0.3, -0.25) is 0 Å². The van der Waals surface area contributed by atoms with Crippen LogP contribution in [-0.4, -0.2) is 47.4 Å². The van der Waals surface area contributed by atoms with Crippen LogP contribution in [0.15, 0.2) is 0 Å². The van der Waals surface area contributed by atoms with Crippen LogP contribution in [-0.2, 0) is 0 Å². The summed E-state index contributed by atoms with van der Waals surface area (Å²) in [6, 6.07) is 0.244. The maximum absolute atomic E-state index is 9.14. The second-order valence-corrected chi connectivity index (χ2v) is 4.40. The molecular weight excluding hydrogens is 222 g/mol. The molecule has 96 valence electrons. The molecule has 0 amide bonds. The van der Waals surface area contributed by atoms with E-state index in [1.54, 1.807) is 7.05 Å². The Bertz CT molecular complexity index is 347. The van der Waals surface area contributed by atoms with Gasteiger partial charge in [0.05, 0.1) is 7.11 Å². The van der Waals surface area contributed by atoms with E-state index in [1.807, 2.05) is 13.8 Å². The molecule has 7 nitrogen and oxygen atoms in total. The van der Waals surface area contributed by atoms with Crippen molar-refractivity contribution in [2.45, 2.75) is 13.8 Å². The number of hydrogen-bond donors (Lipinski definition) is 3. The molecule has 0 aliphatic carbocycles. The predicted molar refractivity (Wildman–Crippen MR) is 65.3 cm³/mol. The average molecular weight is 241 g/mol. The lowest BCUT2D eigenvalue weighted by Gasteiger charge is -2.21. The first-order valence-corrected chi connectivity index (χ1v) is 5.33. The number of anilines is 2. The molecule has 1 heterocycles. The van der Waals surface area contributed by atoms with Crippen LogP contribution < -0.4 is 15.4 Å². The molecule has 0 unspecified atom stereocenters. The lowest BCUT2D eigenvalue weighted by atomic mass is 9.95. The lowest BCUT2D eigenvalue weighted by Crippen LogP contribution is -2.27. The highest BCUT2D eigenvalue weighted by atomic mass is 16.5. The zero-order chi connectivity index (χ0) is 12.9. The molecule has 0 aromatic carbocycles. The van der Waals surface area contributed by atoms with Gasteiger partial charge in [0, 0.05) is 25.6 Å². The number of methoxy groups -OCH3 is 1. The molecule has 17 heavy (non-hydrogen) atoms. The van der Waals surface area contributed by atoms with Crippen molar-refractivity contribution in [3.05, 3.63) is 0 Å². The van der Waals surface area contributed by atoms with Crippen molar-refractivity contribution >= 4 is 11.9 Å². The summed E-state index contributed by atoms with van der Waals surface area (Å²) >= 11 is 0. The SMILES string of the molecule is CNc1nc(NCC(C)(C)CO)nc(OC)n1. The second-order valence-electron chi connectivity index (χ2n) is 4.40. The zero-order valence-corrected chi connectivity index (χ0v) is 10.6. The molecule has 0 saturated carbocycles. The van der Waals surface area contributed by atoms with E-state index in [1.165, 1.54) is 7.11 Å². The summed E-state index contributed by atoms with van der Waals surface area (Å²) in [6.07, 6.45) is 0. The maximum atomic E-state index is 9.14. The van der Waals surface area contributed by atoms with Crippen LogP contribution in [0.5, 0.6) is 6.01 Å². The van der Waals surface area contributed by atoms with E-state index in [4.69, 9.17) is 9.84 Å². The number of ether oxygens (including phenoxy) is 1. The van der Waals surface area contributed by atoms with Gasteiger partial charge in [-0.05, 0) is 0 Å². The van der Waals surface area contributed by atoms with Gasteiger partial charge in [0.15, 0.2) is 0 Å². The monoisotopic (exact) mass is 241 g/mol. The van der Waals surface area contributed by atoms with Crippen molar-refractivity contribution in [3.63, 3.8) is 0 Å². The minimum Gasteiger partial charge on any atom is -0.467 e. The molecule has 3 N–H and O–H groups in total. The predicted octanol–water partition coefficient (Wildman–Crippen LogP) is 0.352. The van der Waals surface area contributed by atoms with Gasteiger partial charge in [-0.15, -0.1) is 0 Å². The molecule has 0 fully saturated rings. The third kappa shape index (κ3) is 4.03. The van der Waals surface area contributed by atoms with Crippen molar-refractivity contribution in [2.24, 2.45) is 5.41 Å². The Kier molecular flexibility index (Phi) is 4.45. The Hall–Kier alpha value is -1.63. The Morgan fingerprint density at radius 1 is 1.24 bits per heavy atom. The zero-order valence-electron chi connectivity index (χ0n) is 10.6. The average Bonchev–Trinajstić information content (AvgIpc) is 2.36. The Balaban J connectivity index is 2.76. The van der Waals surface area contributed by atoms with Crippen molar-refractivity contribution in [1.29, 1.82) is 0 Å². The number of aliphatic hydroxyl groups is 1. The number of nitrogens with zero attached hydrogens (tertiary/aromatic N) is 3. The molecule has 0 atom stereocenters. The molecular formula is C10H19N5O2. The molecule has 0 aliphatic rings. The normalized spacial score (nSPS) is 11.1. The van der Waals surface area contributed by atoms with Gasteiger partial charge in [-0.25, -0.2) is 0 Å². The molecule has 0 spiro atoms. The summed E-state index contributed by atoms with van der Waals surface area (Å²) in [4.78, 5) is 12.2. The molecule has 7 heteroatoms. The van der Waals surface area contributed by atoms with Gasteiger partial charge in [0.25, 0.3) is 0 Å². The molecule has 1 aromatic rings. The van der Waals surface area contributed by atoms with E-state index in [0.717, 1.165) is 0 Å². The first kappa shape index (κ1) is 13.4. The molecule has 0 saturated heterocycles. The fourth-order valence-electron chi connectivity index (χ4n) is 1.01. The van der Waals surface area contributed by atoms with Gasteiger partial charge in [0.1, 0.15) is 0 Å². The number of hydrogen-bond acceptors (Lipinski definition) is 7. The Morgan fingerprint density at radius 3 is 2.41 bits per heavy atom. The van der Waals surface area contributed by atoms with Gasteiger partial charge in [-0.2, -0.15) is 15.0 Å². The smallest absolute Gasteiger partial charge is 0.322 e. The van der Waals surface area contributed by atoms with E-state index >= 15 is 0 Å². The van der Waals surface area contributed by atoms with E-state index in [-0.39, 0.29) is 18.0 Å². The van der Waals surface area contributed by atoms with Crippen LogP contribution in [0.25, 0.3) is 0 Å². The summed E-state index contributed by atoms with van der Waals surface area (Å²) in [5.41, 5.74) is -0.236. The maximum Gasteiger partial charge on any atom is 0.322 e. The van der Waals surface area contributed by atoms with Crippen LogP contribution in [0.4, 0.5) is 11.9 Å². The third-order valence-corrected chi connectivity index (χ3v) is 2.17. The highest BCUT2D eigenvalue weighted by Gasteiger charge is 2.17. The molecule has 0 radical (unpaired) electrons. The first-order valence-electron chi connectivity index (χ1n) is 5.33. The summed E-state index contributed by atoms with van der Waals surface area (Å²) in [5, 5.41) is 15.0. The summed E-state index contributed by atoms with van der Waals surface area (Å²) in [5.74, 6) is 0.851. The Morgan fingerprint density at radius 2 is 1.88 bits per heavy atom. The standard InChI is InChI=1S/C10H19N5O2/c1-10(2,6-16)5-12-8-13-7(11-3)14-9(15-8)17-4/h16H,5-6H2,1-4H3,(H2,11,12,13,14,15). The topological polar surface area (TPSA) is 92.2 Å². The molecule has 0 aliphatic heterocycles. The number of nitrogens with one attached hydrogen (secondary N) is 2. The first-order chi connectivity index (χ1) is 8.00. The van der Waals surface area contributed by atoms with Crippen molar-refractivity contribution in [2.75, 3.05) is 37.9 Å². The fraction of sp³-hybridized carbons (Fsp3) is 0.700. The van der Waals surface area contributed by atoms with Gasteiger partial charge in [-0.1, -0.05) is 13.8 Å². The quantitative estimate of drug-likeness (QED) is 0.662. The van der Waals surface area contributed by atoms with E-state index in [2.05, 4.69) is 25.6 Å².